The molecule has 0 aromatic rings. The molecular formula is C25H36Br2O. The summed E-state index contributed by atoms with van der Waals surface area (Å²) in [5.74, 6) is 8.45. The smallest absolute Gasteiger partial charge is 0.139 e. The van der Waals surface area contributed by atoms with Crippen LogP contribution in [0.25, 0.3) is 0 Å². The van der Waals surface area contributed by atoms with Gasteiger partial charge in [0, 0.05) is 21.5 Å². The van der Waals surface area contributed by atoms with Crippen LogP contribution in [-0.4, -0.2) is 15.4 Å². The number of Topliss-reactive ketones (excluding diaryl/α,β-unsaturated/α-hetero) is 1. The van der Waals surface area contributed by atoms with Crippen molar-refractivity contribution in [3.05, 3.63) is 0 Å². The average Bonchev–Trinajstić information content (AvgIpc) is 2.98. The van der Waals surface area contributed by atoms with Gasteiger partial charge < -0.3 is 0 Å². The van der Waals surface area contributed by atoms with Gasteiger partial charge in [-0.25, -0.2) is 0 Å². The lowest BCUT2D eigenvalue weighted by molar-refractivity contribution is -0.126. The minimum absolute atomic E-state index is 0.390. The number of carbonyl (C=O) groups is 1. The Hall–Kier alpha value is 0.630. The van der Waals surface area contributed by atoms with E-state index in [9.17, 15) is 4.79 Å². The molecule has 0 aliphatic heterocycles. The first-order valence-corrected chi connectivity index (χ1v) is 14.3. The van der Waals surface area contributed by atoms with E-state index in [1.54, 1.807) is 0 Å². The van der Waals surface area contributed by atoms with Gasteiger partial charge in [0.1, 0.15) is 5.78 Å². The molecule has 6 fully saturated rings. The van der Waals surface area contributed by atoms with Gasteiger partial charge in [-0.15, -0.1) is 0 Å². The van der Waals surface area contributed by atoms with E-state index in [4.69, 9.17) is 0 Å². The molecule has 6 saturated carbocycles. The molecule has 0 N–H and O–H groups in total. The van der Waals surface area contributed by atoms with E-state index in [1.165, 1.54) is 64.2 Å². The standard InChI is InChI=1S/C25H36Br2O/c26-13-9-19-17-7-3-1-5-15(17)16-6-2-4-8-18(16)20-10-14(27)12-22-24(20)23(19)21(11-13)25(22)28/h13-24H,1-12H2. The topological polar surface area (TPSA) is 17.1 Å². The van der Waals surface area contributed by atoms with Crippen molar-refractivity contribution in [1.82, 2.24) is 0 Å². The van der Waals surface area contributed by atoms with Crippen molar-refractivity contribution in [1.29, 1.82) is 0 Å². The summed E-state index contributed by atoms with van der Waals surface area (Å²) in [5, 5.41) is 0. The van der Waals surface area contributed by atoms with Crippen LogP contribution in [0.4, 0.5) is 0 Å². The monoisotopic (exact) mass is 510 g/mol. The zero-order chi connectivity index (χ0) is 19.0. The number of ketones is 1. The highest BCUT2D eigenvalue weighted by molar-refractivity contribution is 9.09. The largest absolute Gasteiger partial charge is 0.299 e. The summed E-state index contributed by atoms with van der Waals surface area (Å²) in [5.41, 5.74) is 0. The molecule has 0 aromatic heterocycles. The lowest BCUT2D eigenvalue weighted by atomic mass is 9.48. The van der Waals surface area contributed by atoms with Crippen LogP contribution in [0.5, 0.6) is 0 Å². The molecule has 0 aromatic carbocycles. The molecule has 0 spiro atoms. The van der Waals surface area contributed by atoms with Gasteiger partial charge in [-0.2, -0.15) is 0 Å². The molecule has 0 heterocycles. The Kier molecular flexibility index (Phi) is 5.07. The van der Waals surface area contributed by atoms with Crippen molar-refractivity contribution in [3.63, 3.8) is 0 Å². The maximum absolute atomic E-state index is 13.7. The lowest BCUT2D eigenvalue weighted by Gasteiger charge is -2.57. The van der Waals surface area contributed by atoms with Gasteiger partial charge in [-0.3, -0.25) is 4.79 Å². The molecule has 0 bridgehead atoms. The van der Waals surface area contributed by atoms with Crippen molar-refractivity contribution in [2.75, 3.05) is 0 Å². The van der Waals surface area contributed by atoms with Gasteiger partial charge >= 0.3 is 0 Å². The Bertz CT molecular complexity index is 582. The van der Waals surface area contributed by atoms with Crippen LogP contribution in [0, 0.1) is 59.2 Å². The fourth-order valence-corrected chi connectivity index (χ4v) is 11.6. The molecule has 156 valence electrons. The Morgan fingerprint density at radius 2 is 0.893 bits per heavy atom. The molecule has 0 saturated heterocycles. The van der Waals surface area contributed by atoms with E-state index in [-0.39, 0.29) is 0 Å². The molecule has 0 amide bonds. The first-order chi connectivity index (χ1) is 13.6. The Labute approximate surface area is 187 Å². The van der Waals surface area contributed by atoms with E-state index >= 15 is 0 Å². The highest BCUT2D eigenvalue weighted by Crippen LogP contribution is 2.66. The van der Waals surface area contributed by atoms with E-state index in [2.05, 4.69) is 31.9 Å². The molecule has 12 atom stereocenters. The predicted molar refractivity (Wildman–Crippen MR) is 121 cm³/mol. The summed E-state index contributed by atoms with van der Waals surface area (Å²) in [6.45, 7) is 0. The van der Waals surface area contributed by atoms with Crippen molar-refractivity contribution < 1.29 is 4.79 Å². The molecule has 6 aliphatic rings. The summed E-state index contributed by atoms with van der Waals surface area (Å²) in [4.78, 5) is 14.9. The fourth-order valence-electron chi connectivity index (χ4n) is 9.98. The van der Waals surface area contributed by atoms with Gasteiger partial charge in [-0.05, 0) is 98.7 Å². The molecule has 1 nitrogen and oxygen atoms in total. The zero-order valence-corrected chi connectivity index (χ0v) is 20.2. The third-order valence-electron chi connectivity index (χ3n) is 10.6. The summed E-state index contributed by atoms with van der Waals surface area (Å²) in [6, 6.07) is 0. The first-order valence-electron chi connectivity index (χ1n) is 12.5. The minimum Gasteiger partial charge on any atom is -0.299 e. The Balaban J connectivity index is 1.48. The number of hydrogen-bond donors (Lipinski definition) is 0. The van der Waals surface area contributed by atoms with Crippen molar-refractivity contribution in [3.8, 4) is 0 Å². The Morgan fingerprint density at radius 3 is 1.29 bits per heavy atom. The van der Waals surface area contributed by atoms with E-state index in [1.807, 2.05) is 0 Å². The van der Waals surface area contributed by atoms with E-state index in [0.29, 0.717) is 27.3 Å². The summed E-state index contributed by atoms with van der Waals surface area (Å²) < 4.78 is 0. The second-order valence-corrected chi connectivity index (χ2v) is 14.0. The number of halogens is 2. The predicted octanol–water partition coefficient (Wildman–Crippen LogP) is 7.01. The molecule has 6 rings (SSSR count). The summed E-state index contributed by atoms with van der Waals surface area (Å²) >= 11 is 8.06. The normalized spacial score (nSPS) is 58.1. The van der Waals surface area contributed by atoms with E-state index in [0.717, 1.165) is 60.2 Å². The highest BCUT2D eigenvalue weighted by Gasteiger charge is 2.63. The number of carbonyl (C=O) groups excluding carboxylic acids is 1. The number of alkyl halides is 2. The minimum atomic E-state index is 0.390. The van der Waals surface area contributed by atoms with Crippen molar-refractivity contribution >= 4 is 37.6 Å². The van der Waals surface area contributed by atoms with E-state index < -0.39 is 0 Å². The number of rotatable bonds is 0. The maximum Gasteiger partial charge on any atom is 0.139 e. The number of hydrogen-bond acceptors (Lipinski definition) is 1. The fraction of sp³-hybridized carbons (Fsp3) is 0.960. The van der Waals surface area contributed by atoms with Gasteiger partial charge in [-0.1, -0.05) is 57.5 Å². The summed E-state index contributed by atoms with van der Waals surface area (Å²) in [7, 11) is 0. The molecule has 0 radical (unpaired) electrons. The molecule has 3 heteroatoms. The third kappa shape index (κ3) is 2.83. The van der Waals surface area contributed by atoms with Crippen LogP contribution in [0.3, 0.4) is 0 Å². The second kappa shape index (κ2) is 7.35. The molecular weight excluding hydrogens is 476 g/mol. The van der Waals surface area contributed by atoms with Gasteiger partial charge in [0.05, 0.1) is 0 Å². The van der Waals surface area contributed by atoms with Crippen molar-refractivity contribution in [2.45, 2.75) is 86.7 Å². The van der Waals surface area contributed by atoms with Crippen LogP contribution in [0.1, 0.15) is 77.0 Å². The third-order valence-corrected chi connectivity index (χ3v) is 12.1. The van der Waals surface area contributed by atoms with Crippen LogP contribution in [-0.2, 0) is 4.79 Å². The lowest BCUT2D eigenvalue weighted by Crippen LogP contribution is -2.52. The highest BCUT2D eigenvalue weighted by atomic mass is 79.9. The van der Waals surface area contributed by atoms with Crippen molar-refractivity contribution in [2.24, 2.45) is 59.2 Å². The molecule has 12 unspecified atom stereocenters. The van der Waals surface area contributed by atoms with Crippen LogP contribution in [0.15, 0.2) is 0 Å². The van der Waals surface area contributed by atoms with Gasteiger partial charge in [0.25, 0.3) is 0 Å². The molecule has 28 heavy (non-hydrogen) atoms. The van der Waals surface area contributed by atoms with Gasteiger partial charge in [0.15, 0.2) is 0 Å². The van der Waals surface area contributed by atoms with Gasteiger partial charge in [0.2, 0.25) is 0 Å². The average molecular weight is 512 g/mol. The Morgan fingerprint density at radius 1 is 0.536 bits per heavy atom. The SMILES string of the molecule is O=C1C2CC(Br)CC3C4CCCCC4C4CCCCC4C4CC(Br)CC1C4C23. The molecule has 6 aliphatic carbocycles. The van der Waals surface area contributed by atoms with Crippen LogP contribution < -0.4 is 0 Å². The van der Waals surface area contributed by atoms with Crippen LogP contribution in [0.2, 0.25) is 0 Å². The van der Waals surface area contributed by atoms with Crippen LogP contribution >= 0.6 is 31.9 Å². The maximum atomic E-state index is 13.7. The second-order valence-electron chi connectivity index (χ2n) is 11.5. The zero-order valence-electron chi connectivity index (χ0n) is 17.1. The first kappa shape index (κ1) is 19.3. The number of fused-ring (bicyclic) bond motifs is 5. The quantitative estimate of drug-likeness (QED) is 0.319. The summed E-state index contributed by atoms with van der Waals surface area (Å²) in [6.07, 6.45) is 16.8.